The third kappa shape index (κ3) is 2.94. The number of phenols is 1. The molecule has 0 bridgehead atoms. The maximum absolute atomic E-state index is 13.0. The summed E-state index contributed by atoms with van der Waals surface area (Å²) in [6.07, 6.45) is -0.535. The lowest BCUT2D eigenvalue weighted by molar-refractivity contribution is -0.126. The molecular weight excluding hydrogens is 299 g/mol. The summed E-state index contributed by atoms with van der Waals surface area (Å²) < 4.78 is 18.7. The number of benzene rings is 2. The normalized spacial score (nSPS) is 16.4. The van der Waals surface area contributed by atoms with Gasteiger partial charge in [0, 0.05) is 12.5 Å². The van der Waals surface area contributed by atoms with Crippen LogP contribution < -0.4 is 9.64 Å². The van der Waals surface area contributed by atoms with E-state index in [4.69, 9.17) is 10.00 Å². The minimum Gasteiger partial charge on any atom is -0.508 e. The van der Waals surface area contributed by atoms with Gasteiger partial charge in [0.15, 0.2) is 6.10 Å². The molecule has 0 aliphatic carbocycles. The van der Waals surface area contributed by atoms with Crippen molar-refractivity contribution >= 4 is 11.6 Å². The van der Waals surface area contributed by atoms with Gasteiger partial charge in [-0.3, -0.25) is 9.69 Å². The molecule has 1 atom stereocenters. The summed E-state index contributed by atoms with van der Waals surface area (Å²) in [4.78, 5) is 13.8. The Labute approximate surface area is 132 Å². The first-order valence-corrected chi connectivity index (χ1v) is 7.01. The van der Waals surface area contributed by atoms with Gasteiger partial charge in [0.25, 0.3) is 5.91 Å². The van der Waals surface area contributed by atoms with Crippen molar-refractivity contribution in [2.75, 3.05) is 11.4 Å². The molecule has 1 N–H and O–H groups in total. The predicted molar refractivity (Wildman–Crippen MR) is 80.6 cm³/mol. The van der Waals surface area contributed by atoms with Crippen molar-refractivity contribution in [1.29, 1.82) is 5.26 Å². The molecular formula is C17H13FN2O3. The van der Waals surface area contributed by atoms with Gasteiger partial charge in [0.1, 0.15) is 23.9 Å². The van der Waals surface area contributed by atoms with Crippen LogP contribution in [0.4, 0.5) is 10.1 Å². The Hall–Kier alpha value is -3.07. The highest BCUT2D eigenvalue weighted by atomic mass is 19.1. The first-order chi connectivity index (χ1) is 11.1. The molecule has 0 saturated carbocycles. The smallest absolute Gasteiger partial charge is 0.269 e. The van der Waals surface area contributed by atoms with Crippen LogP contribution in [-0.2, 0) is 11.2 Å². The second-order valence-electron chi connectivity index (χ2n) is 5.17. The van der Waals surface area contributed by atoms with Crippen LogP contribution in [0.5, 0.6) is 11.5 Å². The van der Waals surface area contributed by atoms with E-state index < -0.39 is 6.10 Å². The number of hydrogen-bond acceptors (Lipinski definition) is 4. The average Bonchev–Trinajstić information content (AvgIpc) is 2.54. The largest absolute Gasteiger partial charge is 0.508 e. The molecule has 2 aromatic rings. The van der Waals surface area contributed by atoms with E-state index in [1.165, 1.54) is 29.2 Å². The molecule has 3 rings (SSSR count). The molecule has 0 saturated heterocycles. The molecule has 0 radical (unpaired) electrons. The predicted octanol–water partition coefficient (Wildman–Crippen LogP) is 2.39. The molecule has 0 aromatic heterocycles. The number of fused-ring (bicyclic) bond motifs is 1. The van der Waals surface area contributed by atoms with Crippen LogP contribution in [0.15, 0.2) is 42.5 Å². The van der Waals surface area contributed by atoms with Crippen molar-refractivity contribution in [1.82, 2.24) is 0 Å². The number of phenolic OH excluding ortho intramolecular Hbond substituents is 1. The van der Waals surface area contributed by atoms with E-state index in [2.05, 4.69) is 0 Å². The standard InChI is InChI=1S/C17H13FN2O3/c18-12-3-1-11(2-4-12)9-16-17(22)20(8-7-19)14-10-13(21)5-6-15(14)23-16/h1-6,10,16,21H,8-9H2. The Kier molecular flexibility index (Phi) is 3.85. The van der Waals surface area contributed by atoms with Crippen LogP contribution in [0.1, 0.15) is 5.56 Å². The van der Waals surface area contributed by atoms with Gasteiger partial charge in [-0.05, 0) is 29.8 Å². The summed E-state index contributed by atoms with van der Waals surface area (Å²) in [7, 11) is 0. The molecule has 1 aliphatic heterocycles. The van der Waals surface area contributed by atoms with Crippen molar-refractivity contribution < 1.29 is 19.0 Å². The zero-order chi connectivity index (χ0) is 16.4. The van der Waals surface area contributed by atoms with E-state index >= 15 is 0 Å². The second-order valence-corrected chi connectivity index (χ2v) is 5.17. The molecule has 0 spiro atoms. The van der Waals surface area contributed by atoms with E-state index in [0.717, 1.165) is 5.56 Å². The highest BCUT2D eigenvalue weighted by molar-refractivity contribution is 6.00. The molecule has 23 heavy (non-hydrogen) atoms. The Morgan fingerprint density at radius 3 is 2.70 bits per heavy atom. The molecule has 5 nitrogen and oxygen atoms in total. The molecule has 1 aliphatic rings. The fraction of sp³-hybridized carbons (Fsp3) is 0.176. The van der Waals surface area contributed by atoms with Crippen LogP contribution in [0.25, 0.3) is 0 Å². The van der Waals surface area contributed by atoms with Crippen molar-refractivity contribution in [2.24, 2.45) is 0 Å². The number of nitrogens with zero attached hydrogens (tertiary/aromatic N) is 2. The van der Waals surface area contributed by atoms with Gasteiger partial charge >= 0.3 is 0 Å². The molecule has 6 heteroatoms. The van der Waals surface area contributed by atoms with E-state index in [0.29, 0.717) is 11.4 Å². The zero-order valence-corrected chi connectivity index (χ0v) is 12.1. The summed E-state index contributed by atoms with van der Waals surface area (Å²) in [5.74, 6) is -0.310. The molecule has 116 valence electrons. The van der Waals surface area contributed by atoms with Gasteiger partial charge in [-0.2, -0.15) is 5.26 Å². The van der Waals surface area contributed by atoms with E-state index in [1.54, 1.807) is 18.2 Å². The van der Waals surface area contributed by atoms with Gasteiger partial charge in [0.2, 0.25) is 0 Å². The first-order valence-electron chi connectivity index (χ1n) is 7.01. The Morgan fingerprint density at radius 1 is 1.26 bits per heavy atom. The lowest BCUT2D eigenvalue weighted by Crippen LogP contribution is -2.47. The third-order valence-electron chi connectivity index (χ3n) is 3.61. The highest BCUT2D eigenvalue weighted by Crippen LogP contribution is 2.37. The minimum absolute atomic E-state index is 0.0138. The van der Waals surface area contributed by atoms with Gasteiger partial charge in [0.05, 0.1) is 11.8 Å². The monoisotopic (exact) mass is 312 g/mol. The van der Waals surface area contributed by atoms with Gasteiger partial charge in [-0.1, -0.05) is 12.1 Å². The van der Waals surface area contributed by atoms with Crippen molar-refractivity contribution in [3.8, 4) is 17.6 Å². The molecule has 1 amide bonds. The van der Waals surface area contributed by atoms with Crippen LogP contribution in [-0.4, -0.2) is 23.7 Å². The number of ether oxygens (including phenoxy) is 1. The number of aromatic hydroxyl groups is 1. The summed E-state index contributed by atoms with van der Waals surface area (Å²) in [6, 6.07) is 12.2. The maximum Gasteiger partial charge on any atom is 0.269 e. The fourth-order valence-corrected chi connectivity index (χ4v) is 2.51. The lowest BCUT2D eigenvalue weighted by Gasteiger charge is -2.33. The number of nitriles is 1. The number of rotatable bonds is 3. The van der Waals surface area contributed by atoms with E-state index in [9.17, 15) is 14.3 Å². The highest BCUT2D eigenvalue weighted by Gasteiger charge is 2.34. The van der Waals surface area contributed by atoms with Gasteiger partial charge < -0.3 is 9.84 Å². The molecule has 2 aromatic carbocycles. The van der Waals surface area contributed by atoms with E-state index in [-0.39, 0.29) is 30.4 Å². The van der Waals surface area contributed by atoms with Crippen molar-refractivity contribution in [2.45, 2.75) is 12.5 Å². The number of carbonyl (C=O) groups excluding carboxylic acids is 1. The number of halogens is 1. The van der Waals surface area contributed by atoms with Crippen LogP contribution in [0.2, 0.25) is 0 Å². The summed E-state index contributed by atoms with van der Waals surface area (Å²) >= 11 is 0. The molecule has 1 unspecified atom stereocenters. The third-order valence-corrected chi connectivity index (χ3v) is 3.61. The topological polar surface area (TPSA) is 73.6 Å². The summed E-state index contributed by atoms with van der Waals surface area (Å²) in [5, 5.41) is 18.5. The fourth-order valence-electron chi connectivity index (χ4n) is 2.51. The Balaban J connectivity index is 1.91. The molecule has 1 heterocycles. The lowest BCUT2D eigenvalue weighted by atomic mass is 10.0. The van der Waals surface area contributed by atoms with Gasteiger partial charge in [-0.15, -0.1) is 0 Å². The van der Waals surface area contributed by atoms with Crippen LogP contribution >= 0.6 is 0 Å². The average molecular weight is 312 g/mol. The van der Waals surface area contributed by atoms with Gasteiger partial charge in [-0.25, -0.2) is 4.39 Å². The number of carbonyl (C=O) groups is 1. The van der Waals surface area contributed by atoms with Crippen molar-refractivity contribution in [3.63, 3.8) is 0 Å². The first kappa shape index (κ1) is 14.9. The minimum atomic E-state index is -0.800. The van der Waals surface area contributed by atoms with Crippen LogP contribution in [0.3, 0.4) is 0 Å². The van der Waals surface area contributed by atoms with Crippen molar-refractivity contribution in [3.05, 3.63) is 53.8 Å². The Bertz CT molecular complexity index is 783. The summed E-state index contributed by atoms with van der Waals surface area (Å²) in [6.45, 7) is -0.140. The quantitative estimate of drug-likeness (QED) is 0.883. The van der Waals surface area contributed by atoms with E-state index in [1.807, 2.05) is 6.07 Å². The number of anilines is 1. The molecule has 0 fully saturated rings. The maximum atomic E-state index is 13.0. The number of amides is 1. The SMILES string of the molecule is N#CCN1C(=O)C(Cc2ccc(F)cc2)Oc2ccc(O)cc21. The van der Waals surface area contributed by atoms with Crippen LogP contribution in [0, 0.1) is 17.1 Å². The number of hydrogen-bond donors (Lipinski definition) is 1. The Morgan fingerprint density at radius 2 is 2.00 bits per heavy atom. The summed E-state index contributed by atoms with van der Waals surface area (Å²) in [5.41, 5.74) is 1.12. The zero-order valence-electron chi connectivity index (χ0n) is 12.1. The second kappa shape index (κ2) is 5.97.